The number of rotatable bonds is 2. The molecule has 0 fully saturated rings. The predicted octanol–water partition coefficient (Wildman–Crippen LogP) is 2.99. The Balaban J connectivity index is 2.33. The summed E-state index contributed by atoms with van der Waals surface area (Å²) in [7, 11) is 1.62. The molecule has 1 heterocycles. The molecule has 0 radical (unpaired) electrons. The van der Waals surface area contributed by atoms with Crippen molar-refractivity contribution < 1.29 is 9.90 Å². The summed E-state index contributed by atoms with van der Waals surface area (Å²) in [6.45, 7) is 1.70. The molecule has 5 nitrogen and oxygen atoms in total. The van der Waals surface area contributed by atoms with Crippen LogP contribution in [0.4, 0.5) is 5.69 Å². The molecule has 1 aromatic heterocycles. The van der Waals surface area contributed by atoms with Gasteiger partial charge in [-0.05, 0) is 25.1 Å². The van der Waals surface area contributed by atoms with E-state index in [4.69, 9.17) is 23.2 Å². The molecule has 0 saturated carbocycles. The molecule has 2 aromatic rings. The quantitative estimate of drug-likeness (QED) is 0.838. The molecule has 2 N–H and O–H groups in total. The van der Waals surface area contributed by atoms with Crippen LogP contribution in [-0.4, -0.2) is 20.8 Å². The lowest BCUT2D eigenvalue weighted by Crippen LogP contribution is -2.16. The zero-order valence-corrected chi connectivity index (χ0v) is 11.7. The topological polar surface area (TPSA) is 67.2 Å². The molecule has 2 rings (SSSR count). The molecule has 0 unspecified atom stereocenters. The zero-order chi connectivity index (χ0) is 14.2. The molecule has 1 aromatic carbocycles. The smallest absolute Gasteiger partial charge is 0.275 e. The maximum Gasteiger partial charge on any atom is 0.275 e. The number of nitrogens with zero attached hydrogens (tertiary/aromatic N) is 2. The van der Waals surface area contributed by atoms with Crippen LogP contribution in [0.15, 0.2) is 18.2 Å². The van der Waals surface area contributed by atoms with Crippen molar-refractivity contribution in [1.29, 1.82) is 0 Å². The van der Waals surface area contributed by atoms with Crippen molar-refractivity contribution in [3.63, 3.8) is 0 Å². The van der Waals surface area contributed by atoms with E-state index in [1.165, 1.54) is 22.9 Å². The fraction of sp³-hybridized carbons (Fsp3) is 0.167. The van der Waals surface area contributed by atoms with Gasteiger partial charge in [0.2, 0.25) is 0 Å². The second kappa shape index (κ2) is 5.11. The van der Waals surface area contributed by atoms with E-state index in [2.05, 4.69) is 10.4 Å². The number of hydrogen-bond donors (Lipinski definition) is 2. The summed E-state index contributed by atoms with van der Waals surface area (Å²) in [5, 5.41) is 16.9. The number of phenols is 1. The molecule has 0 saturated heterocycles. The van der Waals surface area contributed by atoms with Gasteiger partial charge in [-0.2, -0.15) is 5.10 Å². The first-order valence-electron chi connectivity index (χ1n) is 5.39. The van der Waals surface area contributed by atoms with E-state index in [0.717, 1.165) is 0 Å². The molecule has 0 aliphatic carbocycles. The third-order valence-electron chi connectivity index (χ3n) is 2.57. The van der Waals surface area contributed by atoms with Crippen LogP contribution in [0.5, 0.6) is 5.75 Å². The number of aromatic hydroxyl groups is 1. The summed E-state index contributed by atoms with van der Waals surface area (Å²) >= 11 is 11.8. The summed E-state index contributed by atoms with van der Waals surface area (Å²) in [6, 6.07) is 4.37. The van der Waals surface area contributed by atoms with E-state index >= 15 is 0 Å². The van der Waals surface area contributed by atoms with Gasteiger partial charge in [-0.1, -0.05) is 23.2 Å². The highest BCUT2D eigenvalue weighted by Crippen LogP contribution is 2.28. The van der Waals surface area contributed by atoms with Gasteiger partial charge in [0.05, 0.1) is 16.4 Å². The highest BCUT2D eigenvalue weighted by Gasteiger charge is 2.19. The van der Waals surface area contributed by atoms with Crippen LogP contribution < -0.4 is 5.32 Å². The lowest BCUT2D eigenvalue weighted by molar-refractivity contribution is 0.101. The number of carbonyl (C=O) groups excluding carboxylic acids is 1. The van der Waals surface area contributed by atoms with Crippen molar-refractivity contribution >= 4 is 34.8 Å². The molecule has 0 atom stereocenters. The third kappa shape index (κ3) is 2.67. The van der Waals surface area contributed by atoms with Gasteiger partial charge in [-0.15, -0.1) is 0 Å². The van der Waals surface area contributed by atoms with Crippen LogP contribution in [-0.2, 0) is 7.05 Å². The average Bonchev–Trinajstić information content (AvgIpc) is 2.58. The number of amides is 1. The predicted molar refractivity (Wildman–Crippen MR) is 74.0 cm³/mol. The molecule has 0 aliphatic heterocycles. The molecule has 7 heteroatoms. The Kier molecular flexibility index (Phi) is 3.68. The van der Waals surface area contributed by atoms with Crippen molar-refractivity contribution in [1.82, 2.24) is 9.78 Å². The largest absolute Gasteiger partial charge is 0.506 e. The number of hydrogen-bond acceptors (Lipinski definition) is 3. The summed E-state index contributed by atoms with van der Waals surface area (Å²) in [4.78, 5) is 12.1. The lowest BCUT2D eigenvalue weighted by atomic mass is 10.2. The van der Waals surface area contributed by atoms with Crippen LogP contribution in [0.25, 0.3) is 0 Å². The van der Waals surface area contributed by atoms with E-state index in [9.17, 15) is 9.90 Å². The second-order valence-electron chi connectivity index (χ2n) is 3.99. The van der Waals surface area contributed by atoms with Crippen LogP contribution in [0.2, 0.25) is 10.0 Å². The fourth-order valence-electron chi connectivity index (χ4n) is 1.67. The van der Waals surface area contributed by atoms with Gasteiger partial charge in [0.25, 0.3) is 5.91 Å². The van der Waals surface area contributed by atoms with Gasteiger partial charge in [-0.25, -0.2) is 0 Å². The number of anilines is 1. The molecular weight excluding hydrogens is 289 g/mol. The standard InChI is InChI=1S/C12H11Cl2N3O2/c1-6-10(14)11(17(2)16-6)12(19)15-8-5-7(13)3-4-9(8)18/h3-5,18H,1-2H3,(H,15,19). The highest BCUT2D eigenvalue weighted by molar-refractivity contribution is 6.35. The molecule has 100 valence electrons. The second-order valence-corrected chi connectivity index (χ2v) is 4.80. The Hall–Kier alpha value is -1.72. The normalized spacial score (nSPS) is 10.5. The van der Waals surface area contributed by atoms with Crippen LogP contribution in [0.3, 0.4) is 0 Å². The number of nitrogens with one attached hydrogen (secondary N) is 1. The summed E-state index contributed by atoms with van der Waals surface area (Å²) in [5.41, 5.74) is 0.996. The maximum absolute atomic E-state index is 12.1. The minimum atomic E-state index is -0.467. The first kappa shape index (κ1) is 13.7. The van der Waals surface area contributed by atoms with Crippen LogP contribution in [0.1, 0.15) is 16.2 Å². The van der Waals surface area contributed by atoms with Gasteiger partial charge in [0, 0.05) is 12.1 Å². The Morgan fingerprint density at radius 2 is 2.11 bits per heavy atom. The summed E-state index contributed by atoms with van der Waals surface area (Å²) in [6.07, 6.45) is 0. The Morgan fingerprint density at radius 1 is 1.42 bits per heavy atom. The Bertz CT molecular complexity index is 653. The first-order chi connectivity index (χ1) is 8.90. The van der Waals surface area contributed by atoms with Crippen LogP contribution >= 0.6 is 23.2 Å². The van der Waals surface area contributed by atoms with E-state index in [-0.39, 0.29) is 22.2 Å². The van der Waals surface area contributed by atoms with E-state index in [1.807, 2.05) is 0 Å². The van der Waals surface area contributed by atoms with Crippen molar-refractivity contribution in [2.45, 2.75) is 6.92 Å². The minimum absolute atomic E-state index is 0.0761. The number of aryl methyl sites for hydroxylation is 2. The first-order valence-corrected chi connectivity index (χ1v) is 6.14. The van der Waals surface area contributed by atoms with Crippen molar-refractivity contribution in [2.24, 2.45) is 7.05 Å². The van der Waals surface area contributed by atoms with Gasteiger partial charge in [0.15, 0.2) is 0 Å². The van der Waals surface area contributed by atoms with Crippen LogP contribution in [0, 0.1) is 6.92 Å². The zero-order valence-electron chi connectivity index (χ0n) is 10.2. The molecule has 1 amide bonds. The highest BCUT2D eigenvalue weighted by atomic mass is 35.5. The van der Waals surface area contributed by atoms with Crippen molar-refractivity contribution in [3.05, 3.63) is 39.6 Å². The SMILES string of the molecule is Cc1nn(C)c(C(=O)Nc2cc(Cl)ccc2O)c1Cl. The number of aromatic nitrogens is 2. The molecule has 0 bridgehead atoms. The molecule has 0 spiro atoms. The van der Waals surface area contributed by atoms with Crippen molar-refractivity contribution in [3.8, 4) is 5.75 Å². The monoisotopic (exact) mass is 299 g/mol. The van der Waals surface area contributed by atoms with Gasteiger partial charge in [-0.3, -0.25) is 9.48 Å². The number of halogens is 2. The molecular formula is C12H11Cl2N3O2. The Morgan fingerprint density at radius 3 is 2.68 bits per heavy atom. The lowest BCUT2D eigenvalue weighted by Gasteiger charge is -2.08. The van der Waals surface area contributed by atoms with Crippen molar-refractivity contribution in [2.75, 3.05) is 5.32 Å². The van der Waals surface area contributed by atoms with Gasteiger partial charge in [0.1, 0.15) is 11.4 Å². The number of benzene rings is 1. The van der Waals surface area contributed by atoms with E-state index in [0.29, 0.717) is 10.7 Å². The molecule has 0 aliphatic rings. The maximum atomic E-state index is 12.1. The summed E-state index contributed by atoms with van der Waals surface area (Å²) in [5.74, 6) is -0.543. The number of phenolic OH excluding ortho intramolecular Hbond substituents is 1. The average molecular weight is 300 g/mol. The molecule has 19 heavy (non-hydrogen) atoms. The number of carbonyl (C=O) groups is 1. The fourth-order valence-corrected chi connectivity index (χ4v) is 2.09. The van der Waals surface area contributed by atoms with E-state index < -0.39 is 5.91 Å². The van der Waals surface area contributed by atoms with Gasteiger partial charge < -0.3 is 10.4 Å². The summed E-state index contributed by atoms with van der Waals surface area (Å²) < 4.78 is 1.38. The third-order valence-corrected chi connectivity index (χ3v) is 3.26. The van der Waals surface area contributed by atoms with Gasteiger partial charge >= 0.3 is 0 Å². The minimum Gasteiger partial charge on any atom is -0.506 e. The Labute approximate surface area is 119 Å². The van der Waals surface area contributed by atoms with E-state index in [1.54, 1.807) is 14.0 Å².